The lowest BCUT2D eigenvalue weighted by Crippen LogP contribution is -2.26. The molecule has 8 heteroatoms. The minimum absolute atomic E-state index is 0.0827. The second kappa shape index (κ2) is 16.1. The fraction of sp³-hybridized carbons (Fsp3) is 0.611. The maximum Gasteiger partial charge on any atom is 0.509 e. The molecule has 0 radical (unpaired) electrons. The van der Waals surface area contributed by atoms with Crippen LogP contribution >= 0.6 is 11.6 Å². The monoisotopic (exact) mass is 386 g/mol. The number of carbonyl (C=O) groups is 3. The summed E-state index contributed by atoms with van der Waals surface area (Å²) < 4.78 is 19.4. The zero-order chi connectivity index (χ0) is 19.6. The van der Waals surface area contributed by atoms with Crippen molar-refractivity contribution >= 4 is 29.7 Å². The van der Waals surface area contributed by atoms with Gasteiger partial charge in [-0.3, -0.25) is 9.59 Å². The third kappa shape index (κ3) is 14.0. The number of ether oxygens (including phenoxy) is 4. The van der Waals surface area contributed by atoms with Gasteiger partial charge in [0.25, 0.3) is 0 Å². The minimum atomic E-state index is -0.967. The second-order valence-corrected chi connectivity index (χ2v) is 5.38. The van der Waals surface area contributed by atoms with Gasteiger partial charge in [-0.15, -0.1) is 24.7 Å². The van der Waals surface area contributed by atoms with E-state index in [0.29, 0.717) is 25.7 Å². The summed E-state index contributed by atoms with van der Waals surface area (Å²) in [5.41, 5.74) is 0. The molecule has 0 unspecified atom stereocenters. The molecule has 0 saturated heterocycles. The number of unbranched alkanes of at least 4 members (excludes halogenated alkanes) is 2. The van der Waals surface area contributed by atoms with Crippen LogP contribution in [0.4, 0.5) is 4.79 Å². The summed E-state index contributed by atoms with van der Waals surface area (Å²) in [7, 11) is 0. The Morgan fingerprint density at radius 2 is 1.27 bits per heavy atom. The smallest absolute Gasteiger partial charge is 0.465 e. The van der Waals surface area contributed by atoms with Gasteiger partial charge in [-0.05, 0) is 12.8 Å². The first-order valence-electron chi connectivity index (χ1n) is 8.07. The summed E-state index contributed by atoms with van der Waals surface area (Å²) in [6.07, 6.45) is 11.6. The first-order valence-corrected chi connectivity index (χ1v) is 8.60. The van der Waals surface area contributed by atoms with E-state index in [9.17, 15) is 14.4 Å². The molecule has 0 aromatic rings. The molecule has 0 aliphatic carbocycles. The Hall–Kier alpha value is -2.38. The molecule has 7 nitrogen and oxygen atoms in total. The molecule has 0 bridgehead atoms. The summed E-state index contributed by atoms with van der Waals surface area (Å²) in [6, 6.07) is -0.349. The maximum atomic E-state index is 11.6. The van der Waals surface area contributed by atoms with E-state index >= 15 is 0 Å². The maximum absolute atomic E-state index is 11.6. The standard InChI is InChI=1S/C18H23ClO7/c1-3-5-7-9-16(20)23-11-15(13-25-18(22)26-14-19)12-24-17(21)10-8-6-4-2/h1-2,15H,5-14H2. The fourth-order valence-electron chi connectivity index (χ4n) is 1.65. The first-order chi connectivity index (χ1) is 12.5. The molecule has 26 heavy (non-hydrogen) atoms. The van der Waals surface area contributed by atoms with Crippen LogP contribution in [-0.4, -0.2) is 44.0 Å². The van der Waals surface area contributed by atoms with Gasteiger partial charge in [0.05, 0.1) is 5.92 Å². The first kappa shape index (κ1) is 23.6. The normalized spacial score (nSPS) is 9.69. The number of hydrogen-bond donors (Lipinski definition) is 0. The Kier molecular flexibility index (Phi) is 14.6. The van der Waals surface area contributed by atoms with Crippen LogP contribution < -0.4 is 0 Å². The molecule has 0 aliphatic heterocycles. The van der Waals surface area contributed by atoms with Crippen molar-refractivity contribution in [1.82, 2.24) is 0 Å². The number of alkyl halides is 1. The third-order valence-corrected chi connectivity index (χ3v) is 3.08. The van der Waals surface area contributed by atoms with Gasteiger partial charge in [-0.1, -0.05) is 11.6 Å². The van der Waals surface area contributed by atoms with Gasteiger partial charge in [0.1, 0.15) is 19.8 Å². The molecule has 0 saturated carbocycles. The van der Waals surface area contributed by atoms with Gasteiger partial charge < -0.3 is 18.9 Å². The Labute approximate surface area is 158 Å². The molecule has 144 valence electrons. The Morgan fingerprint density at radius 1 is 0.808 bits per heavy atom. The van der Waals surface area contributed by atoms with E-state index in [1.54, 1.807) is 0 Å². The van der Waals surface area contributed by atoms with Crippen molar-refractivity contribution in [1.29, 1.82) is 0 Å². The van der Waals surface area contributed by atoms with Crippen LogP contribution in [-0.2, 0) is 28.5 Å². The SMILES string of the molecule is C#CCCCC(=O)OCC(COC(=O)CCCC#C)COC(=O)OCCl. The average Bonchev–Trinajstić information content (AvgIpc) is 2.61. The predicted octanol–water partition coefficient (Wildman–Crippen LogP) is 2.65. The van der Waals surface area contributed by atoms with Crippen LogP contribution in [0.25, 0.3) is 0 Å². The van der Waals surface area contributed by atoms with E-state index in [2.05, 4.69) is 16.6 Å². The second-order valence-electron chi connectivity index (χ2n) is 5.16. The van der Waals surface area contributed by atoms with Crippen molar-refractivity contribution in [2.24, 2.45) is 5.92 Å². The highest BCUT2D eigenvalue weighted by molar-refractivity contribution is 6.17. The van der Waals surface area contributed by atoms with E-state index in [1.807, 2.05) is 0 Å². The Morgan fingerprint density at radius 3 is 1.69 bits per heavy atom. The summed E-state index contributed by atoms with van der Waals surface area (Å²) in [5, 5.41) is 0. The topological polar surface area (TPSA) is 88.1 Å². The molecular weight excluding hydrogens is 364 g/mol. The highest BCUT2D eigenvalue weighted by Gasteiger charge is 2.18. The lowest BCUT2D eigenvalue weighted by Gasteiger charge is -2.17. The van der Waals surface area contributed by atoms with Gasteiger partial charge in [-0.2, -0.15) is 0 Å². The zero-order valence-corrected chi connectivity index (χ0v) is 15.3. The van der Waals surface area contributed by atoms with Crippen LogP contribution in [0.5, 0.6) is 0 Å². The van der Waals surface area contributed by atoms with Crippen LogP contribution in [0.2, 0.25) is 0 Å². The van der Waals surface area contributed by atoms with E-state index < -0.39 is 24.0 Å². The van der Waals surface area contributed by atoms with E-state index in [0.717, 1.165) is 0 Å². The van der Waals surface area contributed by atoms with Crippen LogP contribution in [0.1, 0.15) is 38.5 Å². The number of halogens is 1. The molecule has 0 heterocycles. The van der Waals surface area contributed by atoms with Gasteiger partial charge in [0, 0.05) is 25.7 Å². The molecule has 0 N–H and O–H groups in total. The van der Waals surface area contributed by atoms with Crippen LogP contribution in [0.15, 0.2) is 0 Å². The van der Waals surface area contributed by atoms with Gasteiger partial charge in [-0.25, -0.2) is 4.79 Å². The molecule has 0 aromatic heterocycles. The van der Waals surface area contributed by atoms with E-state index in [1.165, 1.54) is 0 Å². The Bertz CT molecular complexity index is 483. The molecule has 0 aliphatic rings. The van der Waals surface area contributed by atoms with Crippen molar-refractivity contribution < 1.29 is 33.3 Å². The number of hydrogen-bond acceptors (Lipinski definition) is 7. The summed E-state index contributed by atoms with van der Waals surface area (Å²) in [4.78, 5) is 34.4. The summed E-state index contributed by atoms with van der Waals surface area (Å²) >= 11 is 5.25. The average molecular weight is 387 g/mol. The summed E-state index contributed by atoms with van der Waals surface area (Å²) in [6.45, 7) is -0.327. The van der Waals surface area contributed by atoms with Gasteiger partial charge in [0.15, 0.2) is 6.07 Å². The third-order valence-electron chi connectivity index (χ3n) is 2.97. The Balaban J connectivity index is 4.34. The highest BCUT2D eigenvalue weighted by atomic mass is 35.5. The zero-order valence-electron chi connectivity index (χ0n) is 14.5. The molecule has 0 aromatic carbocycles. The molecule has 0 spiro atoms. The van der Waals surface area contributed by atoms with Crippen LogP contribution in [0, 0.1) is 30.6 Å². The fourth-order valence-corrected chi connectivity index (χ4v) is 1.74. The molecule has 0 amide bonds. The number of carbonyl (C=O) groups excluding carboxylic acids is 3. The number of terminal acetylenes is 2. The van der Waals surface area contributed by atoms with Crippen molar-refractivity contribution in [3.8, 4) is 24.7 Å². The lowest BCUT2D eigenvalue weighted by atomic mass is 10.2. The largest absolute Gasteiger partial charge is 0.509 e. The number of rotatable bonds is 13. The van der Waals surface area contributed by atoms with Crippen molar-refractivity contribution in [2.45, 2.75) is 38.5 Å². The molecule has 0 rings (SSSR count). The quantitative estimate of drug-likeness (QED) is 0.158. The molecular formula is C18H23ClO7. The van der Waals surface area contributed by atoms with Crippen molar-refractivity contribution in [3.05, 3.63) is 0 Å². The van der Waals surface area contributed by atoms with Gasteiger partial charge >= 0.3 is 18.1 Å². The van der Waals surface area contributed by atoms with Crippen molar-refractivity contribution in [2.75, 3.05) is 25.9 Å². The highest BCUT2D eigenvalue weighted by Crippen LogP contribution is 2.06. The van der Waals surface area contributed by atoms with Crippen LogP contribution in [0.3, 0.4) is 0 Å². The predicted molar refractivity (Wildman–Crippen MR) is 93.9 cm³/mol. The molecule has 0 fully saturated rings. The summed E-state index contributed by atoms with van der Waals surface area (Å²) in [5.74, 6) is 3.44. The van der Waals surface area contributed by atoms with E-state index in [4.69, 9.17) is 38.7 Å². The van der Waals surface area contributed by atoms with Crippen molar-refractivity contribution in [3.63, 3.8) is 0 Å². The van der Waals surface area contributed by atoms with E-state index in [-0.39, 0.29) is 38.7 Å². The van der Waals surface area contributed by atoms with Gasteiger partial charge in [0.2, 0.25) is 0 Å². The lowest BCUT2D eigenvalue weighted by molar-refractivity contribution is -0.150. The molecule has 0 atom stereocenters. The minimum Gasteiger partial charge on any atom is -0.465 e. The number of esters is 2.